The third kappa shape index (κ3) is 1.18. The molecular weight excluding hydrogens is 272 g/mol. The Morgan fingerprint density at radius 3 is 3.31 bits per heavy atom. The number of benzene rings is 1. The van der Waals surface area contributed by atoms with Crippen LogP contribution in [0.15, 0.2) is 27.8 Å². The highest BCUT2D eigenvalue weighted by molar-refractivity contribution is 9.10. The molecule has 1 fully saturated rings. The number of nitrogens with one attached hydrogen (secondary N) is 1. The summed E-state index contributed by atoms with van der Waals surface area (Å²) in [5, 5.41) is 7.21. The maximum atomic E-state index is 8.73. The third-order valence-electron chi connectivity index (χ3n) is 3.16. The van der Waals surface area contributed by atoms with E-state index in [-0.39, 0.29) is 6.23 Å². The van der Waals surface area contributed by atoms with E-state index in [0.717, 1.165) is 22.1 Å². The van der Waals surface area contributed by atoms with Crippen LogP contribution < -0.4 is 5.32 Å². The minimum absolute atomic E-state index is 0.229. The second-order valence-electron chi connectivity index (χ2n) is 3.95. The minimum Gasteiger partial charge on any atom is -0.359 e. The number of nitrogens with zero attached hydrogens (tertiary/aromatic N) is 3. The molecule has 1 aromatic rings. The molecule has 0 aliphatic carbocycles. The fourth-order valence-corrected chi connectivity index (χ4v) is 2.78. The number of fused-ring (bicyclic) bond motifs is 3. The van der Waals surface area contributed by atoms with Crippen molar-refractivity contribution in [2.45, 2.75) is 18.2 Å². The summed E-state index contributed by atoms with van der Waals surface area (Å²) in [7, 11) is 0. The average Bonchev–Trinajstić information content (AvgIpc) is 2.76. The van der Waals surface area contributed by atoms with E-state index in [0.29, 0.717) is 6.61 Å². The monoisotopic (exact) mass is 280 g/mol. The van der Waals surface area contributed by atoms with Crippen molar-refractivity contribution in [2.24, 2.45) is 5.11 Å². The molecule has 0 unspecified atom stereocenters. The summed E-state index contributed by atoms with van der Waals surface area (Å²) in [5.74, 6) is 0. The molecule has 6 heteroatoms. The molecule has 1 aromatic carbocycles. The Balaban J connectivity index is 2.21. The Bertz CT molecular complexity index is 500. The lowest BCUT2D eigenvalue weighted by molar-refractivity contribution is 0.109. The van der Waals surface area contributed by atoms with Crippen LogP contribution in [0.2, 0.25) is 0 Å². The first-order chi connectivity index (χ1) is 7.76. The minimum atomic E-state index is -0.576. The van der Waals surface area contributed by atoms with Gasteiger partial charge in [0, 0.05) is 15.1 Å². The van der Waals surface area contributed by atoms with E-state index in [1.807, 2.05) is 18.2 Å². The van der Waals surface area contributed by atoms with Crippen molar-refractivity contribution >= 4 is 21.6 Å². The lowest BCUT2D eigenvalue weighted by Gasteiger charge is -2.21. The molecule has 0 saturated carbocycles. The quantitative estimate of drug-likeness (QED) is 0.488. The van der Waals surface area contributed by atoms with Crippen LogP contribution in [0.1, 0.15) is 12.0 Å². The van der Waals surface area contributed by atoms with Gasteiger partial charge in [-0.25, -0.2) is 0 Å². The molecule has 1 N–H and O–H groups in total. The van der Waals surface area contributed by atoms with Crippen LogP contribution in [0.25, 0.3) is 10.4 Å². The maximum absolute atomic E-state index is 8.73. The molecule has 0 aromatic heterocycles. The van der Waals surface area contributed by atoms with Crippen molar-refractivity contribution < 1.29 is 4.74 Å². The van der Waals surface area contributed by atoms with Crippen LogP contribution in [0.5, 0.6) is 0 Å². The zero-order valence-corrected chi connectivity index (χ0v) is 9.94. The summed E-state index contributed by atoms with van der Waals surface area (Å²) >= 11 is 3.43. The summed E-state index contributed by atoms with van der Waals surface area (Å²) in [6.07, 6.45) is 0.491. The van der Waals surface area contributed by atoms with Crippen molar-refractivity contribution in [1.82, 2.24) is 0 Å². The molecule has 1 saturated heterocycles. The van der Waals surface area contributed by atoms with Gasteiger partial charge in [-0.15, -0.1) is 0 Å². The topological polar surface area (TPSA) is 70.0 Å². The van der Waals surface area contributed by atoms with Gasteiger partial charge in [0.25, 0.3) is 0 Å². The molecule has 2 atom stereocenters. The maximum Gasteiger partial charge on any atom is 0.143 e. The Hall–Kier alpha value is -1.23. The van der Waals surface area contributed by atoms with Crippen LogP contribution in [-0.4, -0.2) is 12.8 Å². The van der Waals surface area contributed by atoms with Crippen molar-refractivity contribution in [1.29, 1.82) is 0 Å². The molecule has 82 valence electrons. The van der Waals surface area contributed by atoms with Gasteiger partial charge in [-0.2, -0.15) is 0 Å². The standard InChI is InChI=1S/C10H9BrN4O/c11-6-1-2-8-7(5-6)10(14-15-12)3-4-16-9(10)13-8/h1-2,5,9,13H,3-4H2/t9-,10+/m0/s1. The average molecular weight is 281 g/mol. The molecule has 0 amide bonds. The number of hydrogen-bond donors (Lipinski definition) is 1. The molecule has 2 aliphatic heterocycles. The highest BCUT2D eigenvalue weighted by Crippen LogP contribution is 2.49. The lowest BCUT2D eigenvalue weighted by Crippen LogP contribution is -2.32. The number of anilines is 1. The second-order valence-corrected chi connectivity index (χ2v) is 4.86. The van der Waals surface area contributed by atoms with Crippen LogP contribution >= 0.6 is 15.9 Å². The zero-order valence-electron chi connectivity index (χ0n) is 8.35. The highest BCUT2D eigenvalue weighted by atomic mass is 79.9. The van der Waals surface area contributed by atoms with Crippen LogP contribution in [0.4, 0.5) is 5.69 Å². The van der Waals surface area contributed by atoms with Gasteiger partial charge < -0.3 is 10.1 Å². The van der Waals surface area contributed by atoms with E-state index in [9.17, 15) is 0 Å². The van der Waals surface area contributed by atoms with Crippen molar-refractivity contribution in [2.75, 3.05) is 11.9 Å². The van der Waals surface area contributed by atoms with Gasteiger partial charge in [-0.1, -0.05) is 21.0 Å². The largest absolute Gasteiger partial charge is 0.359 e. The normalized spacial score (nSPS) is 30.2. The first kappa shape index (κ1) is 9.96. The summed E-state index contributed by atoms with van der Waals surface area (Å²) in [4.78, 5) is 2.97. The molecule has 5 nitrogen and oxygen atoms in total. The van der Waals surface area contributed by atoms with Crippen molar-refractivity contribution in [3.8, 4) is 0 Å². The Labute approximate surface area is 101 Å². The SMILES string of the molecule is [N-]=[N+]=N[C@@]12CCO[C@@H]1Nc1ccc(Br)cc12. The van der Waals surface area contributed by atoms with Gasteiger partial charge in [0.15, 0.2) is 0 Å². The summed E-state index contributed by atoms with van der Waals surface area (Å²) in [6.45, 7) is 0.614. The van der Waals surface area contributed by atoms with E-state index in [1.165, 1.54) is 0 Å². The van der Waals surface area contributed by atoms with E-state index >= 15 is 0 Å². The van der Waals surface area contributed by atoms with Crippen molar-refractivity contribution in [3.05, 3.63) is 38.7 Å². The Morgan fingerprint density at radius 1 is 1.62 bits per heavy atom. The molecule has 0 bridgehead atoms. The van der Waals surface area contributed by atoms with Gasteiger partial charge >= 0.3 is 0 Å². The van der Waals surface area contributed by atoms with Gasteiger partial charge in [0.2, 0.25) is 0 Å². The van der Waals surface area contributed by atoms with Crippen LogP contribution in [0.3, 0.4) is 0 Å². The van der Waals surface area contributed by atoms with Gasteiger partial charge in [-0.05, 0) is 35.7 Å². The predicted molar refractivity (Wildman–Crippen MR) is 62.9 cm³/mol. The smallest absolute Gasteiger partial charge is 0.143 e. The van der Waals surface area contributed by atoms with E-state index in [2.05, 4.69) is 31.3 Å². The fourth-order valence-electron chi connectivity index (χ4n) is 2.42. The number of hydrogen-bond acceptors (Lipinski definition) is 3. The Morgan fingerprint density at radius 2 is 2.50 bits per heavy atom. The van der Waals surface area contributed by atoms with Crippen LogP contribution in [0, 0.1) is 0 Å². The number of azide groups is 1. The van der Waals surface area contributed by atoms with E-state index in [4.69, 9.17) is 10.3 Å². The predicted octanol–water partition coefficient (Wildman–Crippen LogP) is 3.13. The van der Waals surface area contributed by atoms with E-state index in [1.54, 1.807) is 0 Å². The highest BCUT2D eigenvalue weighted by Gasteiger charge is 2.51. The zero-order chi connectivity index (χ0) is 11.2. The third-order valence-corrected chi connectivity index (χ3v) is 3.65. The van der Waals surface area contributed by atoms with E-state index < -0.39 is 5.54 Å². The molecule has 0 radical (unpaired) electrons. The molecule has 0 spiro atoms. The van der Waals surface area contributed by atoms with Crippen molar-refractivity contribution in [3.63, 3.8) is 0 Å². The van der Waals surface area contributed by atoms with Crippen LogP contribution in [-0.2, 0) is 10.3 Å². The first-order valence-corrected chi connectivity index (χ1v) is 5.80. The number of ether oxygens (including phenoxy) is 1. The second kappa shape index (κ2) is 3.38. The fraction of sp³-hybridized carbons (Fsp3) is 0.400. The molecule has 3 rings (SSSR count). The first-order valence-electron chi connectivity index (χ1n) is 5.01. The summed E-state index contributed by atoms with van der Waals surface area (Å²) in [5.41, 5.74) is 10.2. The Kier molecular flexibility index (Phi) is 2.10. The summed E-state index contributed by atoms with van der Waals surface area (Å²) < 4.78 is 6.54. The van der Waals surface area contributed by atoms with Gasteiger partial charge in [-0.3, -0.25) is 0 Å². The summed E-state index contributed by atoms with van der Waals surface area (Å²) in [6, 6.07) is 5.91. The van der Waals surface area contributed by atoms with Gasteiger partial charge in [0.05, 0.1) is 6.61 Å². The molecule has 2 aliphatic rings. The van der Waals surface area contributed by atoms with Gasteiger partial charge in [0.1, 0.15) is 11.8 Å². The number of rotatable bonds is 1. The number of halogens is 1. The molecule has 2 heterocycles. The lowest BCUT2D eigenvalue weighted by atomic mass is 9.90. The molecule has 16 heavy (non-hydrogen) atoms. The molecular formula is C10H9BrN4O.